The van der Waals surface area contributed by atoms with E-state index in [2.05, 4.69) is 10.6 Å². The quantitative estimate of drug-likeness (QED) is 0.789. The molecular weight excluding hydrogens is 354 g/mol. The molecule has 26 heavy (non-hydrogen) atoms. The number of anilines is 1. The van der Waals surface area contributed by atoms with Crippen molar-refractivity contribution in [1.82, 2.24) is 10.2 Å². The zero-order chi connectivity index (χ0) is 18.4. The largest absolute Gasteiger partial charge is 0.384 e. The molecular formula is C19H30ClN3O3. The van der Waals surface area contributed by atoms with E-state index in [-0.39, 0.29) is 30.8 Å². The number of amides is 2. The van der Waals surface area contributed by atoms with Crippen LogP contribution in [0.25, 0.3) is 0 Å². The van der Waals surface area contributed by atoms with Crippen LogP contribution in [0.15, 0.2) is 18.2 Å². The van der Waals surface area contributed by atoms with E-state index in [1.54, 1.807) is 14.2 Å². The van der Waals surface area contributed by atoms with Crippen molar-refractivity contribution in [2.45, 2.75) is 26.7 Å². The van der Waals surface area contributed by atoms with E-state index >= 15 is 0 Å². The summed E-state index contributed by atoms with van der Waals surface area (Å²) in [6.45, 7) is 5.91. The first-order valence-corrected chi connectivity index (χ1v) is 8.71. The summed E-state index contributed by atoms with van der Waals surface area (Å²) in [5, 5.41) is 6.21. The minimum atomic E-state index is -0.534. The third-order valence-corrected chi connectivity index (χ3v) is 4.91. The van der Waals surface area contributed by atoms with Crippen molar-refractivity contribution < 1.29 is 14.3 Å². The van der Waals surface area contributed by atoms with Gasteiger partial charge in [-0.2, -0.15) is 0 Å². The Morgan fingerprint density at radius 1 is 1.23 bits per heavy atom. The number of piperidine rings is 1. The molecule has 0 bridgehead atoms. The van der Waals surface area contributed by atoms with E-state index in [9.17, 15) is 9.59 Å². The topological polar surface area (TPSA) is 70.7 Å². The highest BCUT2D eigenvalue weighted by Gasteiger charge is 2.41. The smallest absolute Gasteiger partial charge is 0.243 e. The summed E-state index contributed by atoms with van der Waals surface area (Å²) in [5.74, 6) is -0.206. The monoisotopic (exact) mass is 383 g/mol. The average Bonchev–Trinajstić information content (AvgIpc) is 2.58. The maximum Gasteiger partial charge on any atom is 0.243 e. The van der Waals surface area contributed by atoms with Crippen molar-refractivity contribution in [3.05, 3.63) is 29.3 Å². The van der Waals surface area contributed by atoms with Crippen LogP contribution in [-0.4, -0.2) is 57.1 Å². The fourth-order valence-corrected chi connectivity index (χ4v) is 3.48. The number of rotatable bonds is 6. The molecule has 0 spiro atoms. The minimum Gasteiger partial charge on any atom is -0.384 e. The van der Waals surface area contributed by atoms with Gasteiger partial charge < -0.3 is 20.3 Å². The van der Waals surface area contributed by atoms with E-state index in [0.29, 0.717) is 6.61 Å². The second-order valence-electron chi connectivity index (χ2n) is 6.94. The first-order chi connectivity index (χ1) is 11.9. The number of benzene rings is 1. The summed E-state index contributed by atoms with van der Waals surface area (Å²) in [4.78, 5) is 26.9. The fourth-order valence-electron chi connectivity index (χ4n) is 3.48. The number of carbonyl (C=O) groups is 2. The van der Waals surface area contributed by atoms with Gasteiger partial charge in [0, 0.05) is 19.8 Å². The predicted octanol–water partition coefficient (Wildman–Crippen LogP) is 2.14. The standard InChI is InChI=1S/C19H29N3O3.ClH/c1-14-6-5-7-15(2)17(14)21-16(23)12-22(3)18(24)19(13-25-4)8-10-20-11-9-19;/h5-7,20H,8-13H2,1-4H3,(H,21,23);1H. The third-order valence-electron chi connectivity index (χ3n) is 4.91. The minimum absolute atomic E-state index is 0. The van der Waals surface area contributed by atoms with E-state index < -0.39 is 5.41 Å². The molecule has 0 saturated carbocycles. The number of carbonyl (C=O) groups excluding carboxylic acids is 2. The molecule has 2 N–H and O–H groups in total. The Morgan fingerprint density at radius 2 is 1.81 bits per heavy atom. The molecule has 0 atom stereocenters. The molecule has 2 rings (SSSR count). The molecule has 0 aliphatic carbocycles. The van der Waals surface area contributed by atoms with Crippen LogP contribution in [0.5, 0.6) is 0 Å². The van der Waals surface area contributed by atoms with Gasteiger partial charge in [0.25, 0.3) is 0 Å². The zero-order valence-corrected chi connectivity index (χ0v) is 16.9. The van der Waals surface area contributed by atoms with Crippen LogP contribution in [-0.2, 0) is 14.3 Å². The molecule has 1 aromatic carbocycles. The predicted molar refractivity (Wildman–Crippen MR) is 106 cm³/mol. The second-order valence-corrected chi connectivity index (χ2v) is 6.94. The number of hydrogen-bond donors (Lipinski definition) is 2. The number of ether oxygens (including phenoxy) is 1. The number of halogens is 1. The Morgan fingerprint density at radius 3 is 2.35 bits per heavy atom. The number of methoxy groups -OCH3 is 1. The molecule has 6 nitrogen and oxygen atoms in total. The van der Waals surface area contributed by atoms with Gasteiger partial charge in [-0.05, 0) is 50.9 Å². The van der Waals surface area contributed by atoms with Gasteiger partial charge in [0.2, 0.25) is 11.8 Å². The number of hydrogen-bond acceptors (Lipinski definition) is 4. The van der Waals surface area contributed by atoms with Crippen molar-refractivity contribution in [2.75, 3.05) is 45.7 Å². The van der Waals surface area contributed by atoms with Crippen molar-refractivity contribution in [3.8, 4) is 0 Å². The Balaban J connectivity index is 0.00000338. The fraction of sp³-hybridized carbons (Fsp3) is 0.579. The lowest BCUT2D eigenvalue weighted by Crippen LogP contribution is -2.51. The summed E-state index contributed by atoms with van der Waals surface area (Å²) < 4.78 is 5.31. The number of nitrogens with zero attached hydrogens (tertiary/aromatic N) is 1. The van der Waals surface area contributed by atoms with E-state index in [1.807, 2.05) is 32.0 Å². The first-order valence-electron chi connectivity index (χ1n) is 8.71. The van der Waals surface area contributed by atoms with Gasteiger partial charge in [-0.1, -0.05) is 18.2 Å². The molecule has 0 aromatic heterocycles. The lowest BCUT2D eigenvalue weighted by Gasteiger charge is -2.38. The number of para-hydroxylation sites is 1. The lowest BCUT2D eigenvalue weighted by molar-refractivity contribution is -0.147. The van der Waals surface area contributed by atoms with Crippen molar-refractivity contribution in [1.29, 1.82) is 0 Å². The molecule has 1 fully saturated rings. The van der Waals surface area contributed by atoms with E-state index in [0.717, 1.165) is 42.7 Å². The van der Waals surface area contributed by atoms with Crippen LogP contribution in [0.4, 0.5) is 5.69 Å². The summed E-state index contributed by atoms with van der Waals surface area (Å²) >= 11 is 0. The molecule has 1 saturated heterocycles. The average molecular weight is 384 g/mol. The third kappa shape index (κ3) is 5.19. The van der Waals surface area contributed by atoms with Gasteiger partial charge in [-0.25, -0.2) is 0 Å². The summed E-state index contributed by atoms with van der Waals surface area (Å²) in [5.41, 5.74) is 2.31. The molecule has 146 valence electrons. The highest BCUT2D eigenvalue weighted by molar-refractivity contribution is 5.96. The number of likely N-dealkylation sites (N-methyl/N-ethyl adjacent to an activating group) is 1. The van der Waals surface area contributed by atoms with E-state index in [4.69, 9.17) is 4.74 Å². The van der Waals surface area contributed by atoms with Crippen LogP contribution in [0.2, 0.25) is 0 Å². The second kappa shape index (κ2) is 9.90. The molecule has 0 radical (unpaired) electrons. The molecule has 1 aliphatic rings. The molecule has 1 aliphatic heterocycles. The van der Waals surface area contributed by atoms with Crippen molar-refractivity contribution in [3.63, 3.8) is 0 Å². The van der Waals surface area contributed by atoms with Gasteiger partial charge in [0.1, 0.15) is 0 Å². The van der Waals surface area contributed by atoms with Crippen LogP contribution >= 0.6 is 12.4 Å². The number of aryl methyl sites for hydroxylation is 2. The van der Waals surface area contributed by atoms with Crippen molar-refractivity contribution in [2.24, 2.45) is 5.41 Å². The SMILES string of the molecule is COCC1(C(=O)N(C)CC(=O)Nc2c(C)cccc2C)CCNCC1.Cl. The molecule has 2 amide bonds. The van der Waals surface area contributed by atoms with Crippen LogP contribution in [0.1, 0.15) is 24.0 Å². The Hall–Kier alpha value is -1.63. The van der Waals surface area contributed by atoms with Gasteiger partial charge in [-0.15, -0.1) is 12.4 Å². The van der Waals surface area contributed by atoms with Gasteiger partial charge in [0.05, 0.1) is 18.6 Å². The molecule has 1 heterocycles. The molecule has 1 aromatic rings. The Bertz CT molecular complexity index is 605. The summed E-state index contributed by atoms with van der Waals surface area (Å²) in [7, 11) is 3.30. The lowest BCUT2D eigenvalue weighted by atomic mass is 9.78. The molecule has 7 heteroatoms. The summed E-state index contributed by atoms with van der Waals surface area (Å²) in [6, 6.07) is 5.88. The van der Waals surface area contributed by atoms with Gasteiger partial charge in [-0.3, -0.25) is 9.59 Å². The first kappa shape index (κ1) is 22.4. The van der Waals surface area contributed by atoms with Crippen LogP contribution in [0.3, 0.4) is 0 Å². The van der Waals surface area contributed by atoms with Crippen molar-refractivity contribution >= 4 is 29.9 Å². The highest BCUT2D eigenvalue weighted by atomic mass is 35.5. The summed E-state index contributed by atoms with van der Waals surface area (Å²) in [6.07, 6.45) is 1.45. The van der Waals surface area contributed by atoms with E-state index in [1.165, 1.54) is 4.90 Å². The van der Waals surface area contributed by atoms with Gasteiger partial charge >= 0.3 is 0 Å². The molecule has 0 unspecified atom stereocenters. The van der Waals surface area contributed by atoms with Gasteiger partial charge in [0.15, 0.2) is 0 Å². The normalized spacial score (nSPS) is 15.7. The van der Waals surface area contributed by atoms with Crippen LogP contribution < -0.4 is 10.6 Å². The Kier molecular flexibility index (Phi) is 8.53. The highest BCUT2D eigenvalue weighted by Crippen LogP contribution is 2.31. The zero-order valence-electron chi connectivity index (χ0n) is 16.1. The maximum absolute atomic E-state index is 13.0. The number of nitrogens with one attached hydrogen (secondary N) is 2. The maximum atomic E-state index is 13.0. The Labute approximate surface area is 162 Å². The van der Waals surface area contributed by atoms with Crippen LogP contribution in [0, 0.1) is 19.3 Å².